The fourth-order valence-corrected chi connectivity index (χ4v) is 4.38. The number of halogens is 3. The van der Waals surface area contributed by atoms with E-state index in [0.29, 0.717) is 21.1 Å². The van der Waals surface area contributed by atoms with Crippen molar-refractivity contribution in [3.8, 4) is 5.75 Å². The number of nitro benzene ring substituents is 1. The molecule has 1 amide bonds. The second-order valence-corrected chi connectivity index (χ2v) is 8.93. The molecule has 0 spiro atoms. The Balaban J connectivity index is 1.52. The molecule has 0 saturated carbocycles. The van der Waals surface area contributed by atoms with Gasteiger partial charge in [-0.15, -0.1) is 0 Å². The second kappa shape index (κ2) is 9.38. The number of nitrogens with one attached hydrogen (secondary N) is 1. The molecule has 0 aliphatic carbocycles. The van der Waals surface area contributed by atoms with Gasteiger partial charge in [-0.05, 0) is 42.5 Å². The minimum Gasteiger partial charge on any atom is -0.502 e. The Bertz CT molecular complexity index is 1390. The van der Waals surface area contributed by atoms with Crippen molar-refractivity contribution in [2.24, 2.45) is 5.10 Å². The van der Waals surface area contributed by atoms with Crippen LogP contribution in [0.2, 0.25) is 10.0 Å². The molecule has 0 atom stereocenters. The standard InChI is InChI=1S/C22H15BrCl2N4O4/c23-13-7-12(22(31)20(8-13)29(32)33)11-26-27-21(30)5-6-28-18-3-1-14(24)9-16(18)17-10-15(25)2-4-19(17)28/h1-4,7-11,31H,5-6H2,(H,27,30)/b26-11-. The van der Waals surface area contributed by atoms with Gasteiger partial charge >= 0.3 is 5.69 Å². The number of nitrogens with zero attached hydrogens (tertiary/aromatic N) is 3. The summed E-state index contributed by atoms with van der Waals surface area (Å²) in [5.74, 6) is -0.906. The number of benzene rings is 3. The molecule has 4 aromatic rings. The minimum absolute atomic E-state index is 0.0903. The van der Waals surface area contributed by atoms with E-state index in [4.69, 9.17) is 23.2 Å². The van der Waals surface area contributed by atoms with E-state index in [2.05, 4.69) is 26.5 Å². The highest BCUT2D eigenvalue weighted by Crippen LogP contribution is 2.33. The number of phenols is 1. The smallest absolute Gasteiger partial charge is 0.312 e. The van der Waals surface area contributed by atoms with Crippen molar-refractivity contribution in [2.75, 3.05) is 0 Å². The van der Waals surface area contributed by atoms with Gasteiger partial charge in [-0.2, -0.15) is 5.10 Å². The molecule has 33 heavy (non-hydrogen) atoms. The highest BCUT2D eigenvalue weighted by atomic mass is 79.9. The van der Waals surface area contributed by atoms with E-state index in [0.717, 1.165) is 28.0 Å². The molecular formula is C22H15BrCl2N4O4. The lowest BCUT2D eigenvalue weighted by molar-refractivity contribution is -0.385. The van der Waals surface area contributed by atoms with Crippen molar-refractivity contribution in [1.82, 2.24) is 9.99 Å². The fraction of sp³-hybridized carbons (Fsp3) is 0.0909. The van der Waals surface area contributed by atoms with Gasteiger partial charge in [0.25, 0.3) is 0 Å². The number of hydrazone groups is 1. The lowest BCUT2D eigenvalue weighted by Crippen LogP contribution is -2.19. The van der Waals surface area contributed by atoms with E-state index in [1.165, 1.54) is 12.1 Å². The number of hydrogen-bond donors (Lipinski definition) is 2. The predicted octanol–water partition coefficient (Wildman–Crippen LogP) is 6.02. The van der Waals surface area contributed by atoms with Crippen LogP contribution in [0, 0.1) is 10.1 Å². The maximum absolute atomic E-state index is 12.4. The first-order valence-electron chi connectivity index (χ1n) is 9.60. The first-order valence-corrected chi connectivity index (χ1v) is 11.2. The summed E-state index contributed by atoms with van der Waals surface area (Å²) in [7, 11) is 0. The zero-order valence-corrected chi connectivity index (χ0v) is 19.9. The summed E-state index contributed by atoms with van der Waals surface area (Å²) in [4.78, 5) is 22.7. The monoisotopic (exact) mass is 548 g/mol. The summed E-state index contributed by atoms with van der Waals surface area (Å²) in [6.45, 7) is 0.373. The second-order valence-electron chi connectivity index (χ2n) is 7.14. The van der Waals surface area contributed by atoms with E-state index >= 15 is 0 Å². The lowest BCUT2D eigenvalue weighted by Gasteiger charge is -2.07. The van der Waals surface area contributed by atoms with Gasteiger partial charge in [0.2, 0.25) is 11.7 Å². The van der Waals surface area contributed by atoms with E-state index in [1.807, 2.05) is 28.8 Å². The Kier molecular flexibility index (Phi) is 6.55. The molecule has 0 fully saturated rings. The van der Waals surface area contributed by atoms with Crippen LogP contribution < -0.4 is 5.43 Å². The van der Waals surface area contributed by atoms with E-state index in [9.17, 15) is 20.0 Å². The number of phenolic OH excluding ortho intramolecular Hbond substituents is 1. The van der Waals surface area contributed by atoms with Crippen molar-refractivity contribution in [2.45, 2.75) is 13.0 Å². The van der Waals surface area contributed by atoms with Crippen LogP contribution in [0.15, 0.2) is 58.1 Å². The average Bonchev–Trinajstić information content (AvgIpc) is 3.06. The van der Waals surface area contributed by atoms with Gasteiger partial charge in [0.15, 0.2) is 0 Å². The molecule has 0 radical (unpaired) electrons. The van der Waals surface area contributed by atoms with Gasteiger partial charge in [-0.1, -0.05) is 39.1 Å². The number of aromatic nitrogens is 1. The first kappa shape index (κ1) is 23.0. The van der Waals surface area contributed by atoms with Crippen molar-refractivity contribution in [1.29, 1.82) is 0 Å². The van der Waals surface area contributed by atoms with Crippen molar-refractivity contribution < 1.29 is 14.8 Å². The van der Waals surface area contributed by atoms with E-state index < -0.39 is 16.4 Å². The molecule has 0 bridgehead atoms. The summed E-state index contributed by atoms with van der Waals surface area (Å²) in [5.41, 5.74) is 3.84. The molecule has 0 unspecified atom stereocenters. The van der Waals surface area contributed by atoms with Crippen LogP contribution in [0.5, 0.6) is 5.75 Å². The number of nitro groups is 1. The molecule has 11 heteroatoms. The summed E-state index contributed by atoms with van der Waals surface area (Å²) >= 11 is 15.5. The number of rotatable bonds is 6. The summed E-state index contributed by atoms with van der Waals surface area (Å²) in [6.07, 6.45) is 1.27. The quantitative estimate of drug-likeness (QED) is 0.174. The maximum atomic E-state index is 12.4. The van der Waals surface area contributed by atoms with Crippen LogP contribution in [0.25, 0.3) is 21.8 Å². The predicted molar refractivity (Wildman–Crippen MR) is 132 cm³/mol. The van der Waals surface area contributed by atoms with Crippen molar-refractivity contribution >= 4 is 78.7 Å². The third-order valence-corrected chi connectivity index (χ3v) is 5.95. The molecular weight excluding hydrogens is 535 g/mol. The third kappa shape index (κ3) is 4.80. The number of hydrogen-bond acceptors (Lipinski definition) is 5. The molecule has 1 aromatic heterocycles. The van der Waals surface area contributed by atoms with Crippen LogP contribution in [0.1, 0.15) is 12.0 Å². The van der Waals surface area contributed by atoms with E-state index in [-0.39, 0.29) is 17.9 Å². The van der Waals surface area contributed by atoms with Gasteiger partial charge in [0, 0.05) is 60.9 Å². The maximum Gasteiger partial charge on any atom is 0.312 e. The Morgan fingerprint density at radius 1 is 1.12 bits per heavy atom. The zero-order chi connectivity index (χ0) is 23.7. The van der Waals surface area contributed by atoms with Crippen LogP contribution in [-0.4, -0.2) is 26.7 Å². The molecule has 3 aromatic carbocycles. The van der Waals surface area contributed by atoms with Crippen LogP contribution in [0.4, 0.5) is 5.69 Å². The Morgan fingerprint density at radius 2 is 1.73 bits per heavy atom. The number of carbonyl (C=O) groups excluding carboxylic acids is 1. The molecule has 168 valence electrons. The zero-order valence-electron chi connectivity index (χ0n) is 16.8. The normalized spacial score (nSPS) is 11.5. The van der Waals surface area contributed by atoms with Gasteiger partial charge in [-0.25, -0.2) is 5.43 Å². The molecule has 4 rings (SSSR count). The van der Waals surface area contributed by atoms with Gasteiger partial charge in [0.1, 0.15) is 0 Å². The van der Waals surface area contributed by atoms with Gasteiger partial charge in [-0.3, -0.25) is 14.9 Å². The number of carbonyl (C=O) groups is 1. The minimum atomic E-state index is -0.706. The summed E-state index contributed by atoms with van der Waals surface area (Å²) in [5, 5.41) is 27.9. The fourth-order valence-electron chi connectivity index (χ4n) is 3.58. The van der Waals surface area contributed by atoms with Crippen molar-refractivity contribution in [3.05, 3.63) is 78.7 Å². The SMILES string of the molecule is O=C(CCn1c2ccc(Cl)cc2c2cc(Cl)ccc21)N/N=C\c1cc(Br)cc([N+](=O)[O-])c1O. The molecule has 1 heterocycles. The molecule has 8 nitrogen and oxygen atoms in total. The Morgan fingerprint density at radius 3 is 2.30 bits per heavy atom. The largest absolute Gasteiger partial charge is 0.502 e. The summed E-state index contributed by atoms with van der Waals surface area (Å²) in [6, 6.07) is 13.7. The number of aryl methyl sites for hydroxylation is 1. The highest BCUT2D eigenvalue weighted by Gasteiger charge is 2.18. The molecule has 0 aliphatic rings. The van der Waals surface area contributed by atoms with Crippen LogP contribution in [-0.2, 0) is 11.3 Å². The first-order chi connectivity index (χ1) is 15.7. The molecule has 2 N–H and O–H groups in total. The number of amides is 1. The van der Waals surface area contributed by atoms with E-state index in [1.54, 1.807) is 12.1 Å². The number of aromatic hydroxyl groups is 1. The van der Waals surface area contributed by atoms with Crippen LogP contribution in [0.3, 0.4) is 0 Å². The molecule has 0 aliphatic heterocycles. The van der Waals surface area contributed by atoms with Gasteiger partial charge < -0.3 is 9.67 Å². The average molecular weight is 550 g/mol. The lowest BCUT2D eigenvalue weighted by atomic mass is 10.1. The van der Waals surface area contributed by atoms with Crippen molar-refractivity contribution in [3.63, 3.8) is 0 Å². The Labute approximate surface area is 205 Å². The Hall–Kier alpha value is -3.14. The molecule has 0 saturated heterocycles. The summed E-state index contributed by atoms with van der Waals surface area (Å²) < 4.78 is 2.40. The third-order valence-electron chi connectivity index (χ3n) is 5.03. The highest BCUT2D eigenvalue weighted by molar-refractivity contribution is 9.10. The topological polar surface area (TPSA) is 110 Å². The van der Waals surface area contributed by atoms with Crippen LogP contribution >= 0.6 is 39.1 Å². The number of fused-ring (bicyclic) bond motifs is 3. The van der Waals surface area contributed by atoms with Gasteiger partial charge in [0.05, 0.1) is 11.1 Å².